The minimum Gasteiger partial charge on any atom is -0.465 e. The van der Waals surface area contributed by atoms with Gasteiger partial charge in [-0.15, -0.1) is 11.3 Å². The molecule has 1 saturated heterocycles. The highest BCUT2D eigenvalue weighted by atomic mass is 32.1. The van der Waals surface area contributed by atoms with Crippen molar-refractivity contribution in [1.29, 1.82) is 0 Å². The fourth-order valence-corrected chi connectivity index (χ4v) is 4.98. The number of allylic oxidation sites excluding steroid dienone is 1. The molecular formula is C19H23N3O2S. The lowest BCUT2D eigenvalue weighted by Gasteiger charge is -2.29. The Bertz CT molecular complexity index is 844. The minimum atomic E-state index is -0.885. The maximum Gasteiger partial charge on any atom is 0.411 e. The topological polar surface area (TPSA) is 56.7 Å². The van der Waals surface area contributed by atoms with Crippen LogP contribution in [0.25, 0.3) is 15.9 Å². The van der Waals surface area contributed by atoms with Crippen LogP contribution in [0.5, 0.6) is 0 Å². The van der Waals surface area contributed by atoms with Crippen molar-refractivity contribution in [3.8, 4) is 0 Å². The van der Waals surface area contributed by atoms with Crippen LogP contribution in [0.3, 0.4) is 0 Å². The van der Waals surface area contributed by atoms with Crippen molar-refractivity contribution in [3.63, 3.8) is 0 Å². The second-order valence-corrected chi connectivity index (χ2v) is 8.26. The first-order valence-corrected chi connectivity index (χ1v) is 9.66. The van der Waals surface area contributed by atoms with Crippen LogP contribution in [0.1, 0.15) is 42.8 Å². The van der Waals surface area contributed by atoms with E-state index in [0.29, 0.717) is 18.5 Å². The van der Waals surface area contributed by atoms with Crippen molar-refractivity contribution in [2.24, 2.45) is 5.92 Å². The summed E-state index contributed by atoms with van der Waals surface area (Å²) in [6, 6.07) is 6.58. The number of rotatable bonds is 2. The summed E-state index contributed by atoms with van der Waals surface area (Å²) < 4.78 is 1.17. The molecule has 6 heteroatoms. The molecule has 25 heavy (non-hydrogen) atoms. The zero-order valence-electron chi connectivity index (χ0n) is 14.6. The lowest BCUT2D eigenvalue weighted by atomic mass is 9.98. The molecule has 0 saturated carbocycles. The molecule has 1 amide bonds. The van der Waals surface area contributed by atoms with Gasteiger partial charge in [-0.25, -0.2) is 9.78 Å². The summed E-state index contributed by atoms with van der Waals surface area (Å²) in [5.41, 5.74) is 2.71. The highest BCUT2D eigenvalue weighted by Gasteiger charge is 2.27. The van der Waals surface area contributed by atoms with Crippen LogP contribution in [0.4, 0.5) is 4.79 Å². The Kier molecular flexibility index (Phi) is 4.25. The fourth-order valence-electron chi connectivity index (χ4n) is 3.83. The molecule has 1 unspecified atom stereocenters. The van der Waals surface area contributed by atoms with Crippen LogP contribution in [0.2, 0.25) is 0 Å². The number of carbonyl (C=O) groups is 1. The molecule has 1 N–H and O–H groups in total. The maximum atomic E-state index is 11.6. The van der Waals surface area contributed by atoms with Crippen LogP contribution in [-0.4, -0.2) is 46.1 Å². The normalized spacial score (nSPS) is 24.7. The van der Waals surface area contributed by atoms with Crippen molar-refractivity contribution >= 4 is 33.3 Å². The van der Waals surface area contributed by atoms with Gasteiger partial charge in [0.05, 0.1) is 22.0 Å². The maximum absolute atomic E-state index is 11.6. The molecule has 2 aromatic rings. The molecule has 0 spiro atoms. The molecule has 1 aromatic heterocycles. The van der Waals surface area contributed by atoms with Gasteiger partial charge in [-0.2, -0.15) is 0 Å². The van der Waals surface area contributed by atoms with Crippen molar-refractivity contribution in [3.05, 3.63) is 34.8 Å². The van der Waals surface area contributed by atoms with E-state index >= 15 is 0 Å². The van der Waals surface area contributed by atoms with Gasteiger partial charge in [0.25, 0.3) is 0 Å². The number of thiazole rings is 1. The van der Waals surface area contributed by atoms with Gasteiger partial charge in [-0.05, 0) is 50.9 Å². The first-order valence-electron chi connectivity index (χ1n) is 8.84. The molecule has 0 radical (unpaired) electrons. The van der Waals surface area contributed by atoms with E-state index in [9.17, 15) is 9.90 Å². The van der Waals surface area contributed by atoms with E-state index in [0.717, 1.165) is 29.7 Å². The second-order valence-electron chi connectivity index (χ2n) is 7.20. The predicted octanol–water partition coefficient (Wildman–Crippen LogP) is 4.42. The highest BCUT2D eigenvalue weighted by molar-refractivity contribution is 7.18. The Morgan fingerprint density at radius 2 is 2.24 bits per heavy atom. The van der Waals surface area contributed by atoms with Crippen LogP contribution in [0.15, 0.2) is 24.3 Å². The monoisotopic (exact) mass is 357 g/mol. The summed E-state index contributed by atoms with van der Waals surface area (Å²) in [7, 11) is 2.16. The average molecular weight is 357 g/mol. The van der Waals surface area contributed by atoms with E-state index in [1.165, 1.54) is 27.4 Å². The first kappa shape index (κ1) is 16.5. The first-order chi connectivity index (χ1) is 12.0. The molecule has 2 aliphatic rings. The van der Waals surface area contributed by atoms with E-state index in [-0.39, 0.29) is 0 Å². The van der Waals surface area contributed by atoms with Crippen molar-refractivity contribution in [2.45, 2.75) is 32.2 Å². The Morgan fingerprint density at radius 3 is 2.96 bits per heavy atom. The molecule has 2 aliphatic heterocycles. The zero-order chi connectivity index (χ0) is 17.6. The number of hydrogen-bond acceptors (Lipinski definition) is 4. The third-order valence-electron chi connectivity index (χ3n) is 5.23. The summed E-state index contributed by atoms with van der Waals surface area (Å²) in [5.74, 6) is 0.354. The molecular weight excluding hydrogens is 334 g/mol. The van der Waals surface area contributed by atoms with Gasteiger partial charge in [-0.1, -0.05) is 19.1 Å². The van der Waals surface area contributed by atoms with Gasteiger partial charge in [0.15, 0.2) is 0 Å². The number of aromatic nitrogens is 1. The Hall–Kier alpha value is -1.92. The number of fused-ring (bicyclic) bond motifs is 1. The largest absolute Gasteiger partial charge is 0.465 e. The van der Waals surface area contributed by atoms with Gasteiger partial charge in [0.2, 0.25) is 0 Å². The quantitative estimate of drug-likeness (QED) is 0.864. The number of amides is 1. The van der Waals surface area contributed by atoms with Crippen molar-refractivity contribution in [1.82, 2.24) is 14.8 Å². The predicted molar refractivity (Wildman–Crippen MR) is 101 cm³/mol. The van der Waals surface area contributed by atoms with Gasteiger partial charge in [-0.3, -0.25) is 9.80 Å². The van der Waals surface area contributed by atoms with Gasteiger partial charge in [0.1, 0.15) is 5.01 Å². The molecule has 0 bridgehead atoms. The lowest BCUT2D eigenvalue weighted by molar-refractivity contribution is 0.159. The summed E-state index contributed by atoms with van der Waals surface area (Å²) in [6.07, 6.45) is 4.46. The fraction of sp³-hybridized carbons (Fsp3) is 0.474. The van der Waals surface area contributed by atoms with Crippen LogP contribution in [0, 0.1) is 5.92 Å². The molecule has 1 fully saturated rings. The van der Waals surface area contributed by atoms with Gasteiger partial charge < -0.3 is 5.11 Å². The Balaban J connectivity index is 1.70. The summed E-state index contributed by atoms with van der Waals surface area (Å²) in [6.45, 7) is 3.76. The van der Waals surface area contributed by atoms with E-state index in [1.807, 2.05) is 18.2 Å². The number of benzene rings is 1. The lowest BCUT2D eigenvalue weighted by Crippen LogP contribution is -2.34. The number of carboxylic acid groups (broad SMARTS) is 1. The van der Waals surface area contributed by atoms with E-state index in [1.54, 1.807) is 11.3 Å². The smallest absolute Gasteiger partial charge is 0.411 e. The molecule has 0 aliphatic carbocycles. The Morgan fingerprint density at radius 1 is 1.40 bits per heavy atom. The van der Waals surface area contributed by atoms with Gasteiger partial charge in [0, 0.05) is 12.1 Å². The molecule has 2 atom stereocenters. The number of nitrogens with zero attached hydrogens (tertiary/aromatic N) is 3. The highest BCUT2D eigenvalue weighted by Crippen LogP contribution is 2.37. The van der Waals surface area contributed by atoms with E-state index in [2.05, 4.69) is 24.9 Å². The van der Waals surface area contributed by atoms with Crippen LogP contribution >= 0.6 is 11.3 Å². The number of hydrogen-bond donors (Lipinski definition) is 1. The van der Waals surface area contributed by atoms with E-state index < -0.39 is 6.09 Å². The summed E-state index contributed by atoms with van der Waals surface area (Å²) >= 11 is 1.76. The zero-order valence-corrected chi connectivity index (χ0v) is 15.4. The molecule has 132 valence electrons. The van der Waals surface area contributed by atoms with Crippen molar-refractivity contribution in [2.75, 3.05) is 20.1 Å². The molecule has 1 aromatic carbocycles. The molecule has 3 heterocycles. The SMILES string of the molecule is C[C@H]1CC=C(c2ccc3sc(C4CCCN4C)nc3c2)N(C(=O)O)C1. The van der Waals surface area contributed by atoms with Gasteiger partial charge >= 0.3 is 6.09 Å². The third kappa shape index (κ3) is 3.04. The average Bonchev–Trinajstić information content (AvgIpc) is 3.19. The standard InChI is InChI=1S/C19H23N3O2S/c1-12-5-7-15(22(11-12)19(23)24)13-6-8-17-14(10-13)20-18(25-17)16-4-3-9-21(16)2/h6-8,10,12,16H,3-5,9,11H2,1-2H3,(H,23,24)/t12-,16?/m0/s1. The van der Waals surface area contributed by atoms with Crippen LogP contribution < -0.4 is 0 Å². The summed E-state index contributed by atoms with van der Waals surface area (Å²) in [5, 5.41) is 10.7. The molecule has 5 nitrogen and oxygen atoms in total. The summed E-state index contributed by atoms with van der Waals surface area (Å²) in [4.78, 5) is 20.3. The third-order valence-corrected chi connectivity index (χ3v) is 6.37. The molecule has 4 rings (SSSR count). The second kappa shape index (κ2) is 6.42. The minimum absolute atomic E-state index is 0.354. The Labute approximate surface area is 151 Å². The van der Waals surface area contributed by atoms with E-state index in [4.69, 9.17) is 4.98 Å². The number of likely N-dealkylation sites (tertiary alicyclic amines) is 1. The van der Waals surface area contributed by atoms with Crippen molar-refractivity contribution < 1.29 is 9.90 Å². The van der Waals surface area contributed by atoms with Crippen LogP contribution in [-0.2, 0) is 0 Å².